The molecule has 1 aromatic rings. The molecule has 5 nitrogen and oxygen atoms in total. The molecule has 136 valence electrons. The molecule has 5 heteroatoms. The van der Waals surface area contributed by atoms with Crippen molar-refractivity contribution < 1.29 is 14.3 Å². The highest BCUT2D eigenvalue weighted by Crippen LogP contribution is 2.29. The Labute approximate surface area is 149 Å². The van der Waals surface area contributed by atoms with Gasteiger partial charge in [-0.15, -0.1) is 0 Å². The second kappa shape index (κ2) is 7.56. The highest BCUT2D eigenvalue weighted by molar-refractivity contribution is 5.87. The Hall–Kier alpha value is -1.88. The van der Waals surface area contributed by atoms with Crippen molar-refractivity contribution in [3.8, 4) is 0 Å². The highest BCUT2D eigenvalue weighted by Gasteiger charge is 2.40. The minimum absolute atomic E-state index is 0.0332. The molecule has 3 rings (SSSR count). The van der Waals surface area contributed by atoms with Crippen molar-refractivity contribution in [2.75, 3.05) is 33.3 Å². The van der Waals surface area contributed by atoms with Crippen LogP contribution in [0.1, 0.15) is 38.2 Å². The fourth-order valence-electron chi connectivity index (χ4n) is 3.95. The Balaban J connectivity index is 1.63. The second-order valence-corrected chi connectivity index (χ2v) is 7.20. The van der Waals surface area contributed by atoms with Crippen molar-refractivity contribution in [2.45, 2.75) is 38.2 Å². The van der Waals surface area contributed by atoms with Crippen LogP contribution in [-0.2, 0) is 19.9 Å². The Morgan fingerprint density at radius 3 is 2.12 bits per heavy atom. The molecular formula is C20H28N2O3. The molecule has 2 aliphatic rings. The van der Waals surface area contributed by atoms with Gasteiger partial charge in [-0.05, 0) is 25.3 Å². The van der Waals surface area contributed by atoms with Gasteiger partial charge in [-0.1, -0.05) is 43.2 Å². The fraction of sp³-hybridized carbons (Fsp3) is 0.600. The number of methoxy groups -OCH3 is 1. The summed E-state index contributed by atoms with van der Waals surface area (Å²) in [5.41, 5.74) is -0.134. The number of ether oxygens (including phenoxy) is 1. The van der Waals surface area contributed by atoms with E-state index in [0.29, 0.717) is 26.2 Å². The summed E-state index contributed by atoms with van der Waals surface area (Å²) in [7, 11) is 1.57. The van der Waals surface area contributed by atoms with Crippen molar-refractivity contribution in [3.05, 3.63) is 35.9 Å². The zero-order valence-corrected chi connectivity index (χ0v) is 15.2. The first kappa shape index (κ1) is 17.9. The van der Waals surface area contributed by atoms with Gasteiger partial charge in [0, 0.05) is 39.2 Å². The zero-order chi connectivity index (χ0) is 17.9. The monoisotopic (exact) mass is 344 g/mol. The summed E-state index contributed by atoms with van der Waals surface area (Å²) in [6.45, 7) is 4.21. The van der Waals surface area contributed by atoms with E-state index >= 15 is 0 Å². The predicted octanol–water partition coefficient (Wildman–Crippen LogP) is 2.41. The van der Waals surface area contributed by atoms with Crippen LogP contribution in [0.3, 0.4) is 0 Å². The number of hydrogen-bond donors (Lipinski definition) is 0. The largest absolute Gasteiger partial charge is 0.364 e. The molecule has 25 heavy (non-hydrogen) atoms. The van der Waals surface area contributed by atoms with E-state index in [1.165, 1.54) is 0 Å². The molecule has 2 fully saturated rings. The van der Waals surface area contributed by atoms with E-state index in [1.807, 2.05) is 47.1 Å². The fourth-order valence-corrected chi connectivity index (χ4v) is 3.95. The first-order chi connectivity index (χ1) is 12.1. The van der Waals surface area contributed by atoms with Crippen LogP contribution in [0.15, 0.2) is 30.3 Å². The standard InChI is InChI=1S/C20H28N2O3/c1-20(25-2,17-10-4-3-5-11-17)19(24)22-14-12-21(13-15-22)18(23)16-8-6-7-9-16/h3-5,10-11,16H,6-9,12-15H2,1-2H3. The number of carbonyl (C=O) groups is 2. The van der Waals surface area contributed by atoms with E-state index < -0.39 is 5.60 Å². The van der Waals surface area contributed by atoms with E-state index in [4.69, 9.17) is 4.74 Å². The van der Waals surface area contributed by atoms with Gasteiger partial charge in [0.1, 0.15) is 0 Å². The molecule has 1 heterocycles. The van der Waals surface area contributed by atoms with Crippen molar-refractivity contribution in [1.82, 2.24) is 9.80 Å². The van der Waals surface area contributed by atoms with Crippen LogP contribution in [-0.4, -0.2) is 54.9 Å². The topological polar surface area (TPSA) is 49.9 Å². The van der Waals surface area contributed by atoms with E-state index in [0.717, 1.165) is 31.2 Å². The van der Waals surface area contributed by atoms with Crippen LogP contribution in [0.4, 0.5) is 0 Å². The maximum atomic E-state index is 13.1. The Kier molecular flexibility index (Phi) is 5.42. The van der Waals surface area contributed by atoms with Crippen LogP contribution in [0.25, 0.3) is 0 Å². The quantitative estimate of drug-likeness (QED) is 0.843. The average Bonchev–Trinajstić information content (AvgIpc) is 3.22. The molecular weight excluding hydrogens is 316 g/mol. The third-order valence-corrected chi connectivity index (χ3v) is 5.72. The number of hydrogen-bond acceptors (Lipinski definition) is 3. The van der Waals surface area contributed by atoms with E-state index in [9.17, 15) is 9.59 Å². The smallest absolute Gasteiger partial charge is 0.259 e. The lowest BCUT2D eigenvalue weighted by Gasteiger charge is -2.40. The average molecular weight is 344 g/mol. The van der Waals surface area contributed by atoms with Crippen LogP contribution in [0.2, 0.25) is 0 Å². The number of nitrogens with zero attached hydrogens (tertiary/aromatic N) is 2. The third-order valence-electron chi connectivity index (χ3n) is 5.72. The molecule has 1 aliphatic carbocycles. The van der Waals surface area contributed by atoms with Gasteiger partial charge in [0.25, 0.3) is 5.91 Å². The van der Waals surface area contributed by atoms with Crippen LogP contribution in [0, 0.1) is 5.92 Å². The van der Waals surface area contributed by atoms with Gasteiger partial charge in [-0.2, -0.15) is 0 Å². The SMILES string of the molecule is COC(C)(C(=O)N1CCN(C(=O)C2CCCC2)CC1)c1ccccc1. The Bertz CT molecular complexity index is 605. The maximum absolute atomic E-state index is 13.1. The normalized spacial score (nSPS) is 21.2. The molecule has 0 bridgehead atoms. The van der Waals surface area contributed by atoms with Gasteiger partial charge in [0.15, 0.2) is 5.60 Å². The van der Waals surface area contributed by atoms with Gasteiger partial charge in [-0.3, -0.25) is 9.59 Å². The summed E-state index contributed by atoms with van der Waals surface area (Å²) in [5.74, 6) is 0.451. The van der Waals surface area contributed by atoms with Gasteiger partial charge in [-0.25, -0.2) is 0 Å². The van der Waals surface area contributed by atoms with E-state index in [1.54, 1.807) is 7.11 Å². The molecule has 0 N–H and O–H groups in total. The Morgan fingerprint density at radius 2 is 1.56 bits per heavy atom. The third kappa shape index (κ3) is 3.56. The first-order valence-electron chi connectivity index (χ1n) is 9.25. The van der Waals surface area contributed by atoms with E-state index in [2.05, 4.69) is 0 Å². The number of rotatable bonds is 4. The number of benzene rings is 1. The number of piperazine rings is 1. The molecule has 1 saturated carbocycles. The van der Waals surface area contributed by atoms with Crippen LogP contribution in [0.5, 0.6) is 0 Å². The maximum Gasteiger partial charge on any atom is 0.259 e. The number of amides is 2. The summed E-state index contributed by atoms with van der Waals surface area (Å²) < 4.78 is 5.62. The van der Waals surface area contributed by atoms with Crippen molar-refractivity contribution in [1.29, 1.82) is 0 Å². The molecule has 0 radical (unpaired) electrons. The Morgan fingerprint density at radius 1 is 1.00 bits per heavy atom. The summed E-state index contributed by atoms with van der Waals surface area (Å²) in [4.78, 5) is 29.4. The molecule has 1 aromatic carbocycles. The molecule has 0 aromatic heterocycles. The summed E-state index contributed by atoms with van der Waals surface area (Å²) in [6.07, 6.45) is 4.37. The zero-order valence-electron chi connectivity index (χ0n) is 15.2. The van der Waals surface area contributed by atoms with Crippen LogP contribution < -0.4 is 0 Å². The summed E-state index contributed by atoms with van der Waals surface area (Å²) >= 11 is 0. The van der Waals surface area contributed by atoms with Gasteiger partial charge in [0.2, 0.25) is 5.91 Å². The van der Waals surface area contributed by atoms with Gasteiger partial charge >= 0.3 is 0 Å². The second-order valence-electron chi connectivity index (χ2n) is 7.20. The lowest BCUT2D eigenvalue weighted by molar-refractivity contribution is -0.158. The lowest BCUT2D eigenvalue weighted by Crippen LogP contribution is -2.56. The van der Waals surface area contributed by atoms with Gasteiger partial charge in [0.05, 0.1) is 0 Å². The molecule has 1 atom stereocenters. The van der Waals surface area contributed by atoms with Gasteiger partial charge < -0.3 is 14.5 Å². The summed E-state index contributed by atoms with van der Waals surface area (Å²) in [5, 5.41) is 0. The van der Waals surface area contributed by atoms with E-state index in [-0.39, 0.29) is 17.7 Å². The van der Waals surface area contributed by atoms with Crippen molar-refractivity contribution in [2.24, 2.45) is 5.92 Å². The summed E-state index contributed by atoms with van der Waals surface area (Å²) in [6, 6.07) is 9.59. The molecule has 0 spiro atoms. The van der Waals surface area contributed by atoms with Crippen LogP contribution >= 0.6 is 0 Å². The molecule has 1 unspecified atom stereocenters. The first-order valence-corrected chi connectivity index (χ1v) is 9.25. The predicted molar refractivity (Wildman–Crippen MR) is 95.9 cm³/mol. The highest BCUT2D eigenvalue weighted by atomic mass is 16.5. The minimum atomic E-state index is -0.987. The molecule has 1 aliphatic heterocycles. The lowest BCUT2D eigenvalue weighted by atomic mass is 9.93. The minimum Gasteiger partial charge on any atom is -0.364 e. The molecule has 2 amide bonds. The molecule has 1 saturated heterocycles. The number of carbonyl (C=O) groups excluding carboxylic acids is 2. The van der Waals surface area contributed by atoms with Crippen molar-refractivity contribution in [3.63, 3.8) is 0 Å². The van der Waals surface area contributed by atoms with Crippen molar-refractivity contribution >= 4 is 11.8 Å².